The van der Waals surface area contributed by atoms with Crippen molar-refractivity contribution in [1.29, 1.82) is 0 Å². The van der Waals surface area contributed by atoms with Crippen molar-refractivity contribution in [2.75, 3.05) is 6.61 Å². The summed E-state index contributed by atoms with van der Waals surface area (Å²) in [7, 11) is 0. The number of carbonyl (C=O) groups is 1. The van der Waals surface area contributed by atoms with E-state index >= 15 is 0 Å². The molecule has 0 saturated carbocycles. The SMILES string of the molecule is CCON1Cc2ccccc2N=C1C(=O)NC1C=CC=CO1. The Labute approximate surface area is 128 Å². The van der Waals surface area contributed by atoms with Gasteiger partial charge in [0.05, 0.1) is 25.1 Å². The first kappa shape index (κ1) is 14.3. The zero-order chi connectivity index (χ0) is 15.4. The van der Waals surface area contributed by atoms with Crippen LogP contribution in [0.3, 0.4) is 0 Å². The Hall–Kier alpha value is -2.60. The maximum atomic E-state index is 12.5. The van der Waals surface area contributed by atoms with Gasteiger partial charge in [0.25, 0.3) is 5.91 Å². The Kier molecular flexibility index (Phi) is 4.20. The molecule has 0 aromatic heterocycles. The second-order valence-electron chi connectivity index (χ2n) is 4.76. The van der Waals surface area contributed by atoms with Gasteiger partial charge in [-0.25, -0.2) is 10.1 Å². The van der Waals surface area contributed by atoms with Crippen LogP contribution in [0.2, 0.25) is 0 Å². The van der Waals surface area contributed by atoms with Gasteiger partial charge in [-0.2, -0.15) is 0 Å². The topological polar surface area (TPSA) is 63.2 Å². The number of nitrogens with zero attached hydrogens (tertiary/aromatic N) is 2. The smallest absolute Gasteiger partial charge is 0.292 e. The number of fused-ring (bicyclic) bond motifs is 1. The minimum absolute atomic E-state index is 0.229. The molecule has 2 aliphatic rings. The summed E-state index contributed by atoms with van der Waals surface area (Å²) >= 11 is 0. The standard InChI is InChI=1S/C16H17N3O3/c1-2-22-19-11-12-7-3-4-8-13(12)17-15(19)16(20)18-14-9-5-6-10-21-14/h3-10,14H,2,11H2,1H3,(H,18,20). The van der Waals surface area contributed by atoms with Crippen LogP contribution in [0.5, 0.6) is 0 Å². The second kappa shape index (κ2) is 6.44. The minimum atomic E-state index is -0.499. The van der Waals surface area contributed by atoms with Gasteiger partial charge in [-0.3, -0.25) is 9.63 Å². The Morgan fingerprint density at radius 2 is 2.32 bits per heavy atom. The molecule has 2 aliphatic heterocycles. The van der Waals surface area contributed by atoms with Crippen LogP contribution in [0.1, 0.15) is 12.5 Å². The number of hydrogen-bond donors (Lipinski definition) is 1. The van der Waals surface area contributed by atoms with Gasteiger partial charge in [-0.05, 0) is 30.7 Å². The number of aliphatic imine (C=N–C) groups is 1. The molecule has 2 heterocycles. The molecule has 1 amide bonds. The van der Waals surface area contributed by atoms with Crippen LogP contribution >= 0.6 is 0 Å². The molecular formula is C16H17N3O3. The summed E-state index contributed by atoms with van der Waals surface area (Å²) in [5, 5.41) is 4.27. The van der Waals surface area contributed by atoms with Gasteiger partial charge in [0.15, 0.2) is 6.23 Å². The summed E-state index contributed by atoms with van der Waals surface area (Å²) in [5.74, 6) is -0.111. The van der Waals surface area contributed by atoms with Crippen molar-refractivity contribution in [2.24, 2.45) is 4.99 Å². The lowest BCUT2D eigenvalue weighted by Crippen LogP contribution is -2.47. The van der Waals surface area contributed by atoms with Gasteiger partial charge >= 0.3 is 0 Å². The molecule has 0 bridgehead atoms. The number of hydroxylamine groups is 2. The van der Waals surface area contributed by atoms with Gasteiger partial charge in [0.1, 0.15) is 0 Å². The van der Waals surface area contributed by atoms with Crippen molar-refractivity contribution in [2.45, 2.75) is 19.7 Å². The van der Waals surface area contributed by atoms with E-state index in [9.17, 15) is 4.79 Å². The molecule has 6 heteroatoms. The number of allylic oxidation sites excluding steroid dienone is 2. The molecule has 0 fully saturated rings. The Bertz CT molecular complexity index is 652. The molecule has 1 atom stereocenters. The van der Waals surface area contributed by atoms with Crippen molar-refractivity contribution < 1.29 is 14.4 Å². The largest absolute Gasteiger partial charge is 0.475 e. The van der Waals surface area contributed by atoms with E-state index in [1.54, 1.807) is 12.2 Å². The number of hydrogen-bond acceptors (Lipinski definition) is 5. The average Bonchev–Trinajstić information content (AvgIpc) is 2.55. The maximum Gasteiger partial charge on any atom is 0.292 e. The molecule has 0 saturated heterocycles. The van der Waals surface area contributed by atoms with Crippen molar-refractivity contribution in [1.82, 2.24) is 10.4 Å². The lowest BCUT2D eigenvalue weighted by Gasteiger charge is -2.29. The quantitative estimate of drug-likeness (QED) is 0.924. The first-order valence-electron chi connectivity index (χ1n) is 7.14. The van der Waals surface area contributed by atoms with E-state index in [-0.39, 0.29) is 11.7 Å². The van der Waals surface area contributed by atoms with Crippen LogP contribution in [0, 0.1) is 0 Å². The number of amidine groups is 1. The third kappa shape index (κ3) is 3.01. The van der Waals surface area contributed by atoms with E-state index in [1.165, 1.54) is 11.3 Å². The Balaban J connectivity index is 1.82. The predicted octanol–water partition coefficient (Wildman–Crippen LogP) is 2.03. The van der Waals surface area contributed by atoms with E-state index in [4.69, 9.17) is 9.57 Å². The van der Waals surface area contributed by atoms with E-state index in [0.717, 1.165) is 11.3 Å². The fourth-order valence-corrected chi connectivity index (χ4v) is 2.24. The molecule has 1 aromatic rings. The first-order chi connectivity index (χ1) is 10.8. The van der Waals surface area contributed by atoms with Crippen LogP contribution in [-0.2, 0) is 20.9 Å². The summed E-state index contributed by atoms with van der Waals surface area (Å²) in [4.78, 5) is 22.4. The van der Waals surface area contributed by atoms with Crippen LogP contribution in [0.25, 0.3) is 0 Å². The van der Waals surface area contributed by atoms with Crippen LogP contribution in [-0.4, -0.2) is 29.6 Å². The lowest BCUT2D eigenvalue weighted by atomic mass is 10.1. The molecule has 3 rings (SSSR count). The van der Waals surface area contributed by atoms with E-state index in [1.807, 2.05) is 37.3 Å². The van der Waals surface area contributed by atoms with Gasteiger partial charge in [0.2, 0.25) is 5.84 Å². The molecule has 1 unspecified atom stereocenters. The molecule has 1 N–H and O–H groups in total. The van der Waals surface area contributed by atoms with Crippen molar-refractivity contribution in [3.8, 4) is 0 Å². The minimum Gasteiger partial charge on any atom is -0.475 e. The Morgan fingerprint density at radius 1 is 1.45 bits per heavy atom. The zero-order valence-electron chi connectivity index (χ0n) is 12.2. The lowest BCUT2D eigenvalue weighted by molar-refractivity contribution is -0.128. The number of amides is 1. The first-order valence-corrected chi connectivity index (χ1v) is 7.14. The molecule has 0 spiro atoms. The van der Waals surface area contributed by atoms with Crippen LogP contribution in [0.15, 0.2) is 53.7 Å². The molecule has 0 radical (unpaired) electrons. The molecule has 114 valence electrons. The number of nitrogens with one attached hydrogen (secondary N) is 1. The number of carbonyl (C=O) groups excluding carboxylic acids is 1. The van der Waals surface area contributed by atoms with Crippen LogP contribution < -0.4 is 5.32 Å². The van der Waals surface area contributed by atoms with Crippen molar-refractivity contribution >= 4 is 17.4 Å². The summed E-state index contributed by atoms with van der Waals surface area (Å²) in [6.45, 7) is 2.81. The summed E-state index contributed by atoms with van der Waals surface area (Å²) < 4.78 is 5.29. The highest BCUT2D eigenvalue weighted by atomic mass is 16.7. The monoisotopic (exact) mass is 299 g/mol. The fourth-order valence-electron chi connectivity index (χ4n) is 2.24. The molecule has 22 heavy (non-hydrogen) atoms. The van der Waals surface area contributed by atoms with Crippen LogP contribution in [0.4, 0.5) is 5.69 Å². The third-order valence-corrected chi connectivity index (χ3v) is 3.23. The highest BCUT2D eigenvalue weighted by molar-refractivity contribution is 6.38. The Morgan fingerprint density at radius 3 is 3.09 bits per heavy atom. The zero-order valence-corrected chi connectivity index (χ0v) is 12.2. The highest BCUT2D eigenvalue weighted by Crippen LogP contribution is 2.26. The number of rotatable bonds is 4. The van der Waals surface area contributed by atoms with Gasteiger partial charge in [0, 0.05) is 0 Å². The van der Waals surface area contributed by atoms with Crippen molar-refractivity contribution in [3.63, 3.8) is 0 Å². The van der Waals surface area contributed by atoms with E-state index in [2.05, 4.69) is 10.3 Å². The number of benzene rings is 1. The molecular weight excluding hydrogens is 282 g/mol. The molecule has 0 aliphatic carbocycles. The van der Waals surface area contributed by atoms with Gasteiger partial charge < -0.3 is 10.1 Å². The van der Waals surface area contributed by atoms with E-state index < -0.39 is 6.23 Å². The molecule has 6 nitrogen and oxygen atoms in total. The predicted molar refractivity (Wildman–Crippen MR) is 82.0 cm³/mol. The average molecular weight is 299 g/mol. The fraction of sp³-hybridized carbons (Fsp3) is 0.250. The second-order valence-corrected chi connectivity index (χ2v) is 4.76. The summed E-state index contributed by atoms with van der Waals surface area (Å²) in [6, 6.07) is 7.69. The highest BCUT2D eigenvalue weighted by Gasteiger charge is 2.27. The molecule has 1 aromatic carbocycles. The maximum absolute atomic E-state index is 12.5. The summed E-state index contributed by atoms with van der Waals surface area (Å²) in [6.07, 6.45) is 6.35. The third-order valence-electron chi connectivity index (χ3n) is 3.23. The normalized spacial score (nSPS) is 19.2. The summed E-state index contributed by atoms with van der Waals surface area (Å²) in [5.41, 5.74) is 1.80. The number of ether oxygens (including phenoxy) is 1. The van der Waals surface area contributed by atoms with Crippen molar-refractivity contribution in [3.05, 3.63) is 54.3 Å². The van der Waals surface area contributed by atoms with Gasteiger partial charge in [-0.1, -0.05) is 24.3 Å². The van der Waals surface area contributed by atoms with E-state index in [0.29, 0.717) is 13.2 Å². The number of para-hydroxylation sites is 1. The van der Waals surface area contributed by atoms with Gasteiger partial charge in [-0.15, -0.1) is 0 Å².